The van der Waals surface area contributed by atoms with Crippen molar-refractivity contribution in [1.82, 2.24) is 4.90 Å². The zero-order chi connectivity index (χ0) is 12.3. The monoisotopic (exact) mass is 235 g/mol. The Hall–Kier alpha value is -0.900. The third kappa shape index (κ3) is 3.28. The van der Waals surface area contributed by atoms with Gasteiger partial charge in [-0.1, -0.05) is 18.2 Å². The maximum Gasteiger partial charge on any atom is 0.0917 e. The van der Waals surface area contributed by atoms with Crippen molar-refractivity contribution < 1.29 is 9.84 Å². The van der Waals surface area contributed by atoms with Crippen LogP contribution in [0.4, 0.5) is 0 Å². The van der Waals surface area contributed by atoms with Crippen LogP contribution in [-0.4, -0.2) is 42.9 Å². The molecule has 1 aliphatic rings. The molecule has 1 aliphatic heterocycles. The predicted molar refractivity (Wildman–Crippen MR) is 68.1 cm³/mol. The average molecular weight is 235 g/mol. The highest BCUT2D eigenvalue weighted by atomic mass is 16.5. The van der Waals surface area contributed by atoms with Crippen LogP contribution in [0.5, 0.6) is 0 Å². The number of nitrogens with zero attached hydrogens (tertiary/aromatic N) is 1. The molecule has 1 N–H and O–H groups in total. The minimum Gasteiger partial charge on any atom is -0.387 e. The number of morpholine rings is 1. The Morgan fingerprint density at radius 2 is 1.94 bits per heavy atom. The van der Waals surface area contributed by atoms with E-state index in [0.717, 1.165) is 31.9 Å². The maximum absolute atomic E-state index is 10.2. The number of ether oxygens (including phenoxy) is 1. The van der Waals surface area contributed by atoms with Crippen LogP contribution >= 0.6 is 0 Å². The lowest BCUT2D eigenvalue weighted by Crippen LogP contribution is -2.38. The highest BCUT2D eigenvalue weighted by molar-refractivity contribution is 5.31. The fourth-order valence-electron chi connectivity index (χ4n) is 2.11. The second kappa shape index (κ2) is 5.63. The summed E-state index contributed by atoms with van der Waals surface area (Å²) in [6.07, 6.45) is -0.396. The lowest BCUT2D eigenvalue weighted by atomic mass is 10.0. The molecule has 1 heterocycles. The Labute approximate surface area is 103 Å². The second-order valence-electron chi connectivity index (χ2n) is 4.77. The lowest BCUT2D eigenvalue weighted by Gasteiger charge is -2.28. The molecule has 1 fully saturated rings. The van der Waals surface area contributed by atoms with E-state index in [-0.39, 0.29) is 0 Å². The van der Waals surface area contributed by atoms with Gasteiger partial charge in [0.15, 0.2) is 0 Å². The lowest BCUT2D eigenvalue weighted by molar-refractivity contribution is 0.0143. The first-order valence-corrected chi connectivity index (χ1v) is 6.22. The van der Waals surface area contributed by atoms with Gasteiger partial charge in [0, 0.05) is 19.6 Å². The highest BCUT2D eigenvalue weighted by Crippen LogP contribution is 2.18. The minimum atomic E-state index is -0.396. The SMILES string of the molecule is Cc1ccc(C(O)CN2CCOCC2)cc1C. The Balaban J connectivity index is 1.98. The summed E-state index contributed by atoms with van der Waals surface area (Å²) in [5, 5.41) is 10.2. The van der Waals surface area contributed by atoms with E-state index in [9.17, 15) is 5.11 Å². The van der Waals surface area contributed by atoms with Gasteiger partial charge in [0.1, 0.15) is 0 Å². The maximum atomic E-state index is 10.2. The summed E-state index contributed by atoms with van der Waals surface area (Å²) in [5.41, 5.74) is 3.52. The van der Waals surface area contributed by atoms with E-state index in [2.05, 4.69) is 30.9 Å². The van der Waals surface area contributed by atoms with Gasteiger partial charge in [-0.05, 0) is 30.5 Å². The first-order valence-electron chi connectivity index (χ1n) is 6.22. The van der Waals surface area contributed by atoms with Crippen LogP contribution in [0.2, 0.25) is 0 Å². The van der Waals surface area contributed by atoms with Gasteiger partial charge in [0.2, 0.25) is 0 Å². The Morgan fingerprint density at radius 1 is 1.24 bits per heavy atom. The molecule has 0 amide bonds. The average Bonchev–Trinajstić information content (AvgIpc) is 2.34. The summed E-state index contributed by atoms with van der Waals surface area (Å²) in [6.45, 7) is 8.27. The fourth-order valence-corrected chi connectivity index (χ4v) is 2.11. The molecule has 1 saturated heterocycles. The van der Waals surface area contributed by atoms with Crippen molar-refractivity contribution in [3.8, 4) is 0 Å². The summed E-state index contributed by atoms with van der Waals surface area (Å²) in [4.78, 5) is 2.25. The Bertz CT molecular complexity index is 372. The van der Waals surface area contributed by atoms with E-state index < -0.39 is 6.10 Å². The van der Waals surface area contributed by atoms with Gasteiger partial charge < -0.3 is 9.84 Å². The molecule has 1 aromatic rings. The van der Waals surface area contributed by atoms with Crippen LogP contribution in [0.25, 0.3) is 0 Å². The first-order chi connectivity index (χ1) is 8.16. The number of hydrogen-bond acceptors (Lipinski definition) is 3. The molecule has 1 atom stereocenters. The molecule has 0 spiro atoms. The summed E-state index contributed by atoms with van der Waals surface area (Å²) in [5.74, 6) is 0. The predicted octanol–water partition coefficient (Wildman–Crippen LogP) is 1.67. The largest absolute Gasteiger partial charge is 0.387 e. The van der Waals surface area contributed by atoms with Crippen molar-refractivity contribution in [3.05, 3.63) is 34.9 Å². The Morgan fingerprint density at radius 3 is 2.59 bits per heavy atom. The summed E-state index contributed by atoms with van der Waals surface area (Å²) >= 11 is 0. The van der Waals surface area contributed by atoms with Gasteiger partial charge in [-0.3, -0.25) is 4.90 Å². The topological polar surface area (TPSA) is 32.7 Å². The molecule has 3 heteroatoms. The zero-order valence-corrected chi connectivity index (χ0v) is 10.6. The second-order valence-corrected chi connectivity index (χ2v) is 4.77. The summed E-state index contributed by atoms with van der Waals surface area (Å²) in [7, 11) is 0. The molecule has 3 nitrogen and oxygen atoms in total. The van der Waals surface area contributed by atoms with E-state index in [1.165, 1.54) is 11.1 Å². The molecule has 1 aromatic carbocycles. The smallest absolute Gasteiger partial charge is 0.0917 e. The number of aliphatic hydroxyl groups is 1. The molecule has 1 unspecified atom stereocenters. The molecular formula is C14H21NO2. The van der Waals surface area contributed by atoms with Crippen molar-refractivity contribution in [3.63, 3.8) is 0 Å². The molecular weight excluding hydrogens is 214 g/mol. The van der Waals surface area contributed by atoms with Crippen LogP contribution in [0.15, 0.2) is 18.2 Å². The van der Waals surface area contributed by atoms with Gasteiger partial charge >= 0.3 is 0 Å². The quantitative estimate of drug-likeness (QED) is 0.865. The van der Waals surface area contributed by atoms with Crippen molar-refractivity contribution >= 4 is 0 Å². The number of hydrogen-bond donors (Lipinski definition) is 1. The third-order valence-corrected chi connectivity index (χ3v) is 3.45. The number of rotatable bonds is 3. The van der Waals surface area contributed by atoms with Gasteiger partial charge in [0.25, 0.3) is 0 Å². The van der Waals surface area contributed by atoms with Crippen molar-refractivity contribution in [2.75, 3.05) is 32.8 Å². The number of β-amino-alcohol motifs (C(OH)–C–C–N with tert-alkyl or cyclic N) is 1. The van der Waals surface area contributed by atoms with Crippen molar-refractivity contribution in [2.24, 2.45) is 0 Å². The van der Waals surface area contributed by atoms with E-state index in [1.54, 1.807) is 0 Å². The summed E-state index contributed by atoms with van der Waals surface area (Å²) in [6, 6.07) is 6.18. The number of aliphatic hydroxyl groups excluding tert-OH is 1. The van der Waals surface area contributed by atoms with Gasteiger partial charge in [0.05, 0.1) is 19.3 Å². The van der Waals surface area contributed by atoms with E-state index in [0.29, 0.717) is 6.54 Å². The van der Waals surface area contributed by atoms with Gasteiger partial charge in [-0.25, -0.2) is 0 Å². The van der Waals surface area contributed by atoms with Crippen molar-refractivity contribution in [2.45, 2.75) is 20.0 Å². The standard InChI is InChI=1S/C14H21NO2/c1-11-3-4-13(9-12(11)2)14(16)10-15-5-7-17-8-6-15/h3-4,9,14,16H,5-8,10H2,1-2H3. The first kappa shape index (κ1) is 12.6. The van der Waals surface area contributed by atoms with Crippen LogP contribution < -0.4 is 0 Å². The molecule has 2 rings (SSSR count). The molecule has 0 aromatic heterocycles. The summed E-state index contributed by atoms with van der Waals surface area (Å²) < 4.78 is 5.30. The van der Waals surface area contributed by atoms with Crippen LogP contribution in [0.3, 0.4) is 0 Å². The fraction of sp³-hybridized carbons (Fsp3) is 0.571. The van der Waals surface area contributed by atoms with E-state index >= 15 is 0 Å². The molecule has 17 heavy (non-hydrogen) atoms. The third-order valence-electron chi connectivity index (χ3n) is 3.45. The molecule has 0 bridgehead atoms. The normalized spacial score (nSPS) is 19.2. The highest BCUT2D eigenvalue weighted by Gasteiger charge is 2.16. The zero-order valence-electron chi connectivity index (χ0n) is 10.6. The Kier molecular flexibility index (Phi) is 4.15. The molecule has 0 radical (unpaired) electrons. The van der Waals surface area contributed by atoms with Gasteiger partial charge in [-0.2, -0.15) is 0 Å². The van der Waals surface area contributed by atoms with E-state index in [4.69, 9.17) is 4.74 Å². The van der Waals surface area contributed by atoms with Crippen LogP contribution in [0.1, 0.15) is 22.8 Å². The molecule has 94 valence electrons. The molecule has 0 aliphatic carbocycles. The van der Waals surface area contributed by atoms with Crippen LogP contribution in [-0.2, 0) is 4.74 Å². The molecule has 0 saturated carbocycles. The minimum absolute atomic E-state index is 0.396. The van der Waals surface area contributed by atoms with E-state index in [1.807, 2.05) is 6.07 Å². The van der Waals surface area contributed by atoms with Crippen LogP contribution in [0, 0.1) is 13.8 Å². The number of aryl methyl sites for hydroxylation is 2. The van der Waals surface area contributed by atoms with Gasteiger partial charge in [-0.15, -0.1) is 0 Å². The van der Waals surface area contributed by atoms with Crippen molar-refractivity contribution in [1.29, 1.82) is 0 Å². The number of benzene rings is 1.